The smallest absolute Gasteiger partial charge is 0.401 e. The average molecular weight is 735 g/mol. The summed E-state index contributed by atoms with van der Waals surface area (Å²) in [6.07, 6.45) is -11.1. The number of Topliss-reactive ketones (excluding diaryl/α,β-unsaturated/α-hetero) is 4. The summed E-state index contributed by atoms with van der Waals surface area (Å²) in [4.78, 5) is 51.3. The molecule has 0 saturated carbocycles. The maximum atomic E-state index is 13.0. The molecule has 1 saturated heterocycles. The summed E-state index contributed by atoms with van der Waals surface area (Å²) in [6, 6.07) is 4.67. The lowest BCUT2D eigenvalue weighted by atomic mass is 9.68. The van der Waals surface area contributed by atoms with E-state index in [2.05, 4.69) is 4.18 Å². The molecule has 5 aliphatic rings. The van der Waals surface area contributed by atoms with Crippen LogP contribution in [-0.4, -0.2) is 134 Å². The molecule has 272 valence electrons. The average Bonchev–Trinajstić information content (AvgIpc) is 3.34. The van der Waals surface area contributed by atoms with Crippen LogP contribution in [0.5, 0.6) is 23.0 Å². The van der Waals surface area contributed by atoms with Crippen LogP contribution in [-0.2, 0) is 18.8 Å². The van der Waals surface area contributed by atoms with Crippen LogP contribution >= 0.6 is 0 Å². The molecule has 4 aliphatic carbocycles. The van der Waals surface area contributed by atoms with Crippen molar-refractivity contribution in [1.82, 2.24) is 0 Å². The van der Waals surface area contributed by atoms with Gasteiger partial charge in [-0.15, -0.1) is 0 Å². The van der Waals surface area contributed by atoms with Crippen molar-refractivity contribution in [3.63, 3.8) is 0 Å². The Balaban J connectivity index is 0.000000177. The van der Waals surface area contributed by atoms with Gasteiger partial charge >= 0.3 is 10.4 Å². The SMILES string of the molecule is COc1cc(O)c2c(c1)C(=O)C1=C(C2=O)[C@@H](O)[C@@H](O)[C@@](C)(O)[C@@H]1O.COc1cc(O)c2c(c1)C(=O)C1=C(C2=O)[C@@H](O)[C@H]2OS(=O)(=O)O[C@@]2(C)[C@@H]1O. The Morgan fingerprint density at radius 3 is 1.55 bits per heavy atom. The first-order chi connectivity index (χ1) is 23.6. The van der Waals surface area contributed by atoms with Crippen LogP contribution in [0.25, 0.3) is 0 Å². The summed E-state index contributed by atoms with van der Waals surface area (Å²) in [5.41, 5.74) is -7.49. The summed E-state index contributed by atoms with van der Waals surface area (Å²) in [5.74, 6) is -4.41. The Kier molecular flexibility index (Phi) is 8.33. The van der Waals surface area contributed by atoms with Crippen LogP contribution in [0.4, 0.5) is 0 Å². The van der Waals surface area contributed by atoms with Gasteiger partial charge in [0.2, 0.25) is 0 Å². The molecule has 19 heteroatoms. The number of carbonyl (C=O) groups is 4. The number of fused-ring (bicyclic) bond motifs is 3. The number of hydrogen-bond donors (Lipinski definition) is 8. The molecule has 1 aliphatic heterocycles. The number of carbonyl (C=O) groups excluding carboxylic acids is 4. The molecule has 2 aromatic rings. The van der Waals surface area contributed by atoms with Gasteiger partial charge in [-0.2, -0.15) is 8.42 Å². The molecule has 18 nitrogen and oxygen atoms in total. The minimum Gasteiger partial charge on any atom is -0.507 e. The molecule has 0 radical (unpaired) electrons. The quantitative estimate of drug-likeness (QED) is 0.168. The molecule has 51 heavy (non-hydrogen) atoms. The minimum atomic E-state index is -4.56. The number of aliphatic hydroxyl groups is 6. The number of benzene rings is 2. The van der Waals surface area contributed by atoms with E-state index in [0.717, 1.165) is 26.0 Å². The number of aromatic hydroxyl groups is 2. The maximum absolute atomic E-state index is 13.0. The largest absolute Gasteiger partial charge is 0.507 e. The zero-order valence-electron chi connectivity index (χ0n) is 26.8. The van der Waals surface area contributed by atoms with Gasteiger partial charge in [0.1, 0.15) is 70.8 Å². The second-order valence-electron chi connectivity index (χ2n) is 12.7. The summed E-state index contributed by atoms with van der Waals surface area (Å²) < 4.78 is 42.8. The van der Waals surface area contributed by atoms with Crippen LogP contribution in [0.1, 0.15) is 55.3 Å². The van der Waals surface area contributed by atoms with E-state index in [0.29, 0.717) is 0 Å². The molecule has 0 unspecified atom stereocenters. The molecule has 0 spiro atoms. The van der Waals surface area contributed by atoms with E-state index >= 15 is 0 Å². The first kappa shape index (κ1) is 36.2. The number of phenolic OH excluding ortho intramolecular Hbond substituents is 2. The van der Waals surface area contributed by atoms with Crippen molar-refractivity contribution >= 4 is 33.5 Å². The second kappa shape index (κ2) is 11.7. The standard InChI is InChI=1S/C16H14O10S.C16H16O8/c1-16-14(21)10-9(13(20)15(16)25-27(22,23)26-16)12(19)8-6(11(10)18)3-5(24-2)4-7(8)17;1-16(23)14(21)10-9(13(20)15(16)22)12(19)8-6(11(10)18)3-5(24-2)4-7(8)17/h3-4,13-15,17,20-21H,1-2H3;3-4,13-15,17,20-23H,1-2H3/t2*13-,14-,15-,16+/m11/s1. The fourth-order valence-electron chi connectivity index (χ4n) is 6.90. The van der Waals surface area contributed by atoms with Gasteiger partial charge in [0.05, 0.1) is 25.3 Å². The van der Waals surface area contributed by atoms with Crippen molar-refractivity contribution in [1.29, 1.82) is 0 Å². The maximum Gasteiger partial charge on any atom is 0.401 e. The van der Waals surface area contributed by atoms with E-state index in [9.17, 15) is 68.4 Å². The monoisotopic (exact) mass is 734 g/mol. The number of rotatable bonds is 2. The summed E-state index contributed by atoms with van der Waals surface area (Å²) in [5, 5.41) is 82.1. The van der Waals surface area contributed by atoms with Gasteiger partial charge in [-0.05, 0) is 26.0 Å². The number of phenols is 2. The molecule has 2 aromatic carbocycles. The Morgan fingerprint density at radius 1 is 0.667 bits per heavy atom. The number of hydrogen-bond acceptors (Lipinski definition) is 18. The number of ketones is 4. The van der Waals surface area contributed by atoms with E-state index in [1.165, 1.54) is 26.4 Å². The van der Waals surface area contributed by atoms with Gasteiger partial charge in [0.15, 0.2) is 23.1 Å². The van der Waals surface area contributed by atoms with Crippen molar-refractivity contribution < 1.29 is 86.3 Å². The van der Waals surface area contributed by atoms with E-state index in [4.69, 9.17) is 13.7 Å². The van der Waals surface area contributed by atoms with Crippen molar-refractivity contribution in [3.8, 4) is 23.0 Å². The van der Waals surface area contributed by atoms with Gasteiger partial charge in [0, 0.05) is 45.6 Å². The number of ether oxygens (including phenoxy) is 2. The van der Waals surface area contributed by atoms with Crippen molar-refractivity contribution in [3.05, 3.63) is 68.8 Å². The van der Waals surface area contributed by atoms with Gasteiger partial charge in [-0.25, -0.2) is 8.37 Å². The third-order valence-electron chi connectivity index (χ3n) is 9.64. The normalized spacial score (nSPS) is 33.4. The van der Waals surface area contributed by atoms with E-state index in [-0.39, 0.29) is 33.8 Å². The topological polar surface area (TPSA) is 301 Å². The first-order valence-electron chi connectivity index (χ1n) is 14.9. The Labute approximate surface area is 287 Å². The van der Waals surface area contributed by atoms with Crippen LogP contribution in [0, 0.1) is 0 Å². The molecule has 8 N–H and O–H groups in total. The highest BCUT2D eigenvalue weighted by Crippen LogP contribution is 2.49. The number of aliphatic hydroxyl groups excluding tert-OH is 5. The van der Waals surface area contributed by atoms with Crippen LogP contribution < -0.4 is 9.47 Å². The molecule has 1 heterocycles. The summed E-state index contributed by atoms with van der Waals surface area (Å²) >= 11 is 0. The molecule has 0 aromatic heterocycles. The third kappa shape index (κ3) is 5.04. The summed E-state index contributed by atoms with van der Waals surface area (Å²) in [6.45, 7) is 2.20. The van der Waals surface area contributed by atoms with Gasteiger partial charge < -0.3 is 50.3 Å². The molecule has 0 bridgehead atoms. The predicted octanol–water partition coefficient (Wildman–Crippen LogP) is -1.85. The summed E-state index contributed by atoms with van der Waals surface area (Å²) in [7, 11) is -1.96. The lowest BCUT2D eigenvalue weighted by molar-refractivity contribution is -0.158. The van der Waals surface area contributed by atoms with Gasteiger partial charge in [-0.1, -0.05) is 0 Å². The van der Waals surface area contributed by atoms with E-state index in [1.54, 1.807) is 0 Å². The van der Waals surface area contributed by atoms with Crippen molar-refractivity contribution in [2.24, 2.45) is 0 Å². The fraction of sp³-hybridized carbons (Fsp3) is 0.375. The molecule has 8 atom stereocenters. The lowest BCUT2D eigenvalue weighted by Gasteiger charge is -2.43. The third-order valence-corrected chi connectivity index (χ3v) is 10.6. The predicted molar refractivity (Wildman–Crippen MR) is 165 cm³/mol. The zero-order valence-corrected chi connectivity index (χ0v) is 27.7. The lowest BCUT2D eigenvalue weighted by Crippen LogP contribution is -2.61. The Hall–Kier alpha value is -4.57. The van der Waals surface area contributed by atoms with Crippen LogP contribution in [0.15, 0.2) is 46.6 Å². The van der Waals surface area contributed by atoms with Crippen LogP contribution in [0.3, 0.4) is 0 Å². The van der Waals surface area contributed by atoms with Crippen molar-refractivity contribution in [2.45, 2.75) is 61.7 Å². The molecule has 1 fully saturated rings. The molecular weight excluding hydrogens is 704 g/mol. The highest BCUT2D eigenvalue weighted by atomic mass is 32.3. The Bertz CT molecular complexity index is 2130. The molecule has 0 amide bonds. The second-order valence-corrected chi connectivity index (χ2v) is 13.8. The highest BCUT2D eigenvalue weighted by Gasteiger charge is 2.65. The fourth-order valence-corrected chi connectivity index (χ4v) is 8.11. The highest BCUT2D eigenvalue weighted by molar-refractivity contribution is 7.82. The van der Waals surface area contributed by atoms with E-state index < -0.39 is 115 Å². The molecular formula is C32H30O18S. The van der Waals surface area contributed by atoms with Crippen LogP contribution in [0.2, 0.25) is 0 Å². The van der Waals surface area contributed by atoms with Gasteiger partial charge in [0.25, 0.3) is 0 Å². The zero-order chi connectivity index (χ0) is 37.9. The number of methoxy groups -OCH3 is 2. The van der Waals surface area contributed by atoms with Gasteiger partial charge in [-0.3, -0.25) is 19.2 Å². The van der Waals surface area contributed by atoms with Crippen molar-refractivity contribution in [2.75, 3.05) is 14.2 Å². The molecule has 7 rings (SSSR count). The Morgan fingerprint density at radius 2 is 1.10 bits per heavy atom. The van der Waals surface area contributed by atoms with E-state index in [1.807, 2.05) is 0 Å². The first-order valence-corrected chi connectivity index (χ1v) is 16.2. The minimum absolute atomic E-state index is 0.0920.